The molecule has 0 aromatic heterocycles. The van der Waals surface area contributed by atoms with Gasteiger partial charge in [-0.1, -0.05) is 98.1 Å². The smallest absolute Gasteiger partial charge is 0.340 e. The Labute approximate surface area is 271 Å². The Morgan fingerprint density at radius 3 is 2.02 bits per heavy atom. The average molecular weight is 607 g/mol. The number of ether oxygens (including phenoxy) is 2. The molecule has 0 radical (unpaired) electrons. The van der Waals surface area contributed by atoms with E-state index in [1.54, 1.807) is 0 Å². The van der Waals surface area contributed by atoms with Crippen LogP contribution in [0.25, 0.3) is 0 Å². The summed E-state index contributed by atoms with van der Waals surface area (Å²) in [6.07, 6.45) is 6.27. The number of esters is 1. The zero-order valence-electron chi connectivity index (χ0n) is 26.2. The molecule has 1 saturated carbocycles. The molecule has 0 N–H and O–H groups in total. The van der Waals surface area contributed by atoms with E-state index in [9.17, 15) is 4.79 Å². The van der Waals surface area contributed by atoms with Crippen LogP contribution < -0.4 is 14.5 Å². The van der Waals surface area contributed by atoms with Gasteiger partial charge in [0.1, 0.15) is 11.5 Å². The Balaban J connectivity index is 1.25. The Morgan fingerprint density at radius 1 is 0.652 bits per heavy atom. The number of rotatable bonds is 7. The highest BCUT2D eigenvalue weighted by Crippen LogP contribution is 2.57. The normalized spacial score (nSPS) is 18.2. The van der Waals surface area contributed by atoms with E-state index >= 15 is 0 Å². The van der Waals surface area contributed by atoms with Crippen molar-refractivity contribution in [1.29, 1.82) is 0 Å². The van der Waals surface area contributed by atoms with E-state index in [0.717, 1.165) is 46.9 Å². The second-order valence-electron chi connectivity index (χ2n) is 12.8. The van der Waals surface area contributed by atoms with Crippen LogP contribution in [0.2, 0.25) is 0 Å². The standard InChI is InChI=1S/C41H38N2O3/c1-42(31-17-9-4-10-18-31)32-21-23-36-39(26-32)45-38-24-22-33(25-37(38)41(36)35-20-12-11-19-34(35)40(44)46-41)43(27-29-13-5-2-6-14-29)28-30-15-7-3-8-16-30/h2-3,5-8,11-16,19-26,31H,4,9-10,17-18,27-28H2,1H3. The molecule has 5 aromatic carbocycles. The Hall–Kier alpha value is -5.03. The van der Waals surface area contributed by atoms with E-state index in [1.165, 1.54) is 43.2 Å². The first-order valence-corrected chi connectivity index (χ1v) is 16.5. The van der Waals surface area contributed by atoms with Gasteiger partial charge >= 0.3 is 5.97 Å². The van der Waals surface area contributed by atoms with Gasteiger partial charge in [0.05, 0.1) is 5.56 Å². The predicted molar refractivity (Wildman–Crippen MR) is 183 cm³/mol. The Kier molecular flexibility index (Phi) is 7.25. The van der Waals surface area contributed by atoms with Crippen molar-refractivity contribution in [1.82, 2.24) is 0 Å². The predicted octanol–water partition coefficient (Wildman–Crippen LogP) is 9.23. The van der Waals surface area contributed by atoms with Gasteiger partial charge in [0.2, 0.25) is 0 Å². The number of hydrogen-bond donors (Lipinski definition) is 0. The summed E-state index contributed by atoms with van der Waals surface area (Å²) in [5, 5.41) is 0. The molecule has 0 amide bonds. The van der Waals surface area contributed by atoms with E-state index in [-0.39, 0.29) is 5.97 Å². The van der Waals surface area contributed by atoms with E-state index in [2.05, 4.69) is 95.7 Å². The topological polar surface area (TPSA) is 42.0 Å². The zero-order valence-corrected chi connectivity index (χ0v) is 26.2. The lowest BCUT2D eigenvalue weighted by Gasteiger charge is -2.39. The minimum atomic E-state index is -1.11. The molecule has 1 atom stereocenters. The van der Waals surface area contributed by atoms with Crippen molar-refractivity contribution in [2.24, 2.45) is 0 Å². The number of carbonyl (C=O) groups excluding carboxylic acids is 1. The number of nitrogens with zero attached hydrogens (tertiary/aromatic N) is 2. The third kappa shape index (κ3) is 4.91. The third-order valence-corrected chi connectivity index (χ3v) is 10.0. The maximum atomic E-state index is 13.6. The molecule has 2 aliphatic heterocycles. The summed E-state index contributed by atoms with van der Waals surface area (Å²) in [4.78, 5) is 18.3. The van der Waals surface area contributed by atoms with Gasteiger partial charge in [-0.05, 0) is 60.4 Å². The molecule has 1 fully saturated rings. The van der Waals surface area contributed by atoms with Gasteiger partial charge in [-0.25, -0.2) is 4.79 Å². The molecule has 230 valence electrons. The summed E-state index contributed by atoms with van der Waals surface area (Å²) in [7, 11) is 2.19. The molecule has 1 aliphatic carbocycles. The van der Waals surface area contributed by atoms with Crippen LogP contribution in [0.5, 0.6) is 11.5 Å². The lowest BCUT2D eigenvalue weighted by atomic mass is 9.77. The number of hydrogen-bond acceptors (Lipinski definition) is 5. The van der Waals surface area contributed by atoms with E-state index in [0.29, 0.717) is 17.4 Å². The highest BCUT2D eigenvalue weighted by Gasteiger charge is 2.53. The number of benzene rings is 5. The summed E-state index contributed by atoms with van der Waals surface area (Å²) in [6, 6.07) is 42.1. The molecular formula is C41H38N2O3. The lowest BCUT2D eigenvalue weighted by Crippen LogP contribution is -2.35. The molecule has 0 bridgehead atoms. The number of anilines is 2. The van der Waals surface area contributed by atoms with Crippen LogP contribution in [-0.2, 0) is 23.4 Å². The molecule has 2 heterocycles. The molecule has 3 aliphatic rings. The molecule has 5 nitrogen and oxygen atoms in total. The maximum Gasteiger partial charge on any atom is 0.340 e. The van der Waals surface area contributed by atoms with Gasteiger partial charge in [-0.15, -0.1) is 0 Å². The first-order chi connectivity index (χ1) is 22.6. The van der Waals surface area contributed by atoms with Gasteiger partial charge in [-0.3, -0.25) is 0 Å². The van der Waals surface area contributed by atoms with Crippen LogP contribution in [0.3, 0.4) is 0 Å². The van der Waals surface area contributed by atoms with Gasteiger partial charge in [0.15, 0.2) is 5.60 Å². The fraction of sp³-hybridized carbons (Fsp3) is 0.244. The molecule has 8 rings (SSSR count). The number of fused-ring (bicyclic) bond motifs is 6. The molecule has 1 spiro atoms. The van der Waals surface area contributed by atoms with Crippen LogP contribution in [0.15, 0.2) is 121 Å². The second kappa shape index (κ2) is 11.7. The van der Waals surface area contributed by atoms with Crippen LogP contribution >= 0.6 is 0 Å². The van der Waals surface area contributed by atoms with Crippen molar-refractivity contribution in [2.45, 2.75) is 56.8 Å². The zero-order chi connectivity index (χ0) is 31.1. The lowest BCUT2D eigenvalue weighted by molar-refractivity contribution is 0.0224. The van der Waals surface area contributed by atoms with Gasteiger partial charge < -0.3 is 19.3 Å². The second-order valence-corrected chi connectivity index (χ2v) is 12.8. The minimum Gasteiger partial charge on any atom is -0.456 e. The minimum absolute atomic E-state index is 0.311. The number of carbonyl (C=O) groups is 1. The summed E-state index contributed by atoms with van der Waals surface area (Å²) >= 11 is 0. The van der Waals surface area contributed by atoms with Gasteiger partial charge in [0, 0.05) is 60.3 Å². The monoisotopic (exact) mass is 606 g/mol. The van der Waals surface area contributed by atoms with E-state index in [4.69, 9.17) is 9.47 Å². The maximum absolute atomic E-state index is 13.6. The van der Waals surface area contributed by atoms with Crippen molar-refractivity contribution in [3.8, 4) is 11.5 Å². The van der Waals surface area contributed by atoms with Crippen molar-refractivity contribution in [2.75, 3.05) is 16.8 Å². The van der Waals surface area contributed by atoms with Crippen molar-refractivity contribution >= 4 is 17.3 Å². The van der Waals surface area contributed by atoms with Crippen LogP contribution in [-0.4, -0.2) is 19.1 Å². The van der Waals surface area contributed by atoms with E-state index < -0.39 is 5.60 Å². The fourth-order valence-electron chi connectivity index (χ4n) is 7.59. The molecule has 5 heteroatoms. The van der Waals surface area contributed by atoms with Crippen LogP contribution in [0.1, 0.15) is 70.3 Å². The molecule has 0 saturated heterocycles. The van der Waals surface area contributed by atoms with Crippen LogP contribution in [0.4, 0.5) is 11.4 Å². The molecule has 46 heavy (non-hydrogen) atoms. The van der Waals surface area contributed by atoms with Crippen molar-refractivity contribution in [3.05, 3.63) is 155 Å². The Bertz CT molecular complexity index is 1840. The molecule has 1 unspecified atom stereocenters. The van der Waals surface area contributed by atoms with E-state index in [1.807, 2.05) is 42.5 Å². The SMILES string of the molecule is CN(c1ccc2c(c1)Oc1ccc(N(Cc3ccccc3)Cc3ccccc3)cc1C21OC(=O)c2ccccc21)C1CCCCC1. The van der Waals surface area contributed by atoms with Crippen LogP contribution in [0, 0.1) is 0 Å². The first kappa shape index (κ1) is 28.4. The highest BCUT2D eigenvalue weighted by molar-refractivity contribution is 5.97. The molecule has 5 aromatic rings. The largest absolute Gasteiger partial charge is 0.456 e. The highest BCUT2D eigenvalue weighted by atomic mass is 16.6. The van der Waals surface area contributed by atoms with Crippen molar-refractivity contribution in [3.63, 3.8) is 0 Å². The quantitative estimate of drug-likeness (QED) is 0.173. The van der Waals surface area contributed by atoms with Gasteiger partial charge in [0.25, 0.3) is 0 Å². The Morgan fingerprint density at radius 2 is 1.30 bits per heavy atom. The summed E-state index contributed by atoms with van der Waals surface area (Å²) < 4.78 is 13.3. The summed E-state index contributed by atoms with van der Waals surface area (Å²) in [6.45, 7) is 1.46. The summed E-state index contributed by atoms with van der Waals surface area (Å²) in [5.74, 6) is 1.13. The average Bonchev–Trinajstić information content (AvgIpc) is 3.41. The third-order valence-electron chi connectivity index (χ3n) is 10.0. The first-order valence-electron chi connectivity index (χ1n) is 16.5. The fourth-order valence-corrected chi connectivity index (χ4v) is 7.59. The van der Waals surface area contributed by atoms with Gasteiger partial charge in [-0.2, -0.15) is 0 Å². The summed E-state index contributed by atoms with van der Waals surface area (Å²) in [5.41, 5.74) is 6.64. The van der Waals surface area contributed by atoms with Crippen molar-refractivity contribution < 1.29 is 14.3 Å². The molecular weight excluding hydrogens is 568 g/mol.